The number of nitrogens with one attached hydrogen (secondary N) is 1. The van der Waals surface area contributed by atoms with Gasteiger partial charge in [-0.3, -0.25) is 9.59 Å². The summed E-state index contributed by atoms with van der Waals surface area (Å²) in [5.41, 5.74) is 1.73. The Hall–Kier alpha value is -1.50. The lowest BCUT2D eigenvalue weighted by atomic mass is 10.1. The molecule has 1 atom stereocenters. The van der Waals surface area contributed by atoms with Crippen LogP contribution in [0.15, 0.2) is 53.0 Å². The molecule has 0 fully saturated rings. The zero-order valence-electron chi connectivity index (χ0n) is 18.5. The van der Waals surface area contributed by atoms with E-state index in [0.29, 0.717) is 23.7 Å². The zero-order chi connectivity index (χ0) is 23.0. The van der Waals surface area contributed by atoms with Crippen molar-refractivity contribution >= 4 is 51.1 Å². The summed E-state index contributed by atoms with van der Waals surface area (Å²) in [5, 5.41) is 3.67. The quantitative estimate of drug-likeness (QED) is 0.433. The molecule has 2 amide bonds. The molecule has 1 unspecified atom stereocenters. The third kappa shape index (κ3) is 8.87. The maximum absolute atomic E-state index is 13.2. The van der Waals surface area contributed by atoms with Crippen molar-refractivity contribution in [2.45, 2.75) is 58.0 Å². The standard InChI is InChI=1S/C24H30BrClN2O2S/c1-5-21(23(30)27-24(2,3)4)28(14-17-8-12-20(26)13-9-17)22(29)16-31-15-18-6-10-19(25)11-7-18/h6-13,21H,5,14-16H2,1-4H3,(H,27,30). The summed E-state index contributed by atoms with van der Waals surface area (Å²) in [6.07, 6.45) is 0.540. The molecule has 2 aromatic rings. The van der Waals surface area contributed by atoms with Crippen LogP contribution in [0.3, 0.4) is 0 Å². The number of nitrogens with zero attached hydrogens (tertiary/aromatic N) is 1. The highest BCUT2D eigenvalue weighted by Crippen LogP contribution is 2.20. The van der Waals surface area contributed by atoms with Crippen molar-refractivity contribution in [2.24, 2.45) is 0 Å². The summed E-state index contributed by atoms with van der Waals surface area (Å²) in [5.74, 6) is 0.866. The molecule has 168 valence electrons. The van der Waals surface area contributed by atoms with Crippen LogP contribution in [0, 0.1) is 0 Å². The summed E-state index contributed by atoms with van der Waals surface area (Å²) in [7, 11) is 0. The molecule has 4 nitrogen and oxygen atoms in total. The number of amides is 2. The predicted molar refractivity (Wildman–Crippen MR) is 134 cm³/mol. The van der Waals surface area contributed by atoms with Gasteiger partial charge in [-0.25, -0.2) is 0 Å². The average Bonchev–Trinajstić information content (AvgIpc) is 2.69. The van der Waals surface area contributed by atoms with Gasteiger partial charge in [0.1, 0.15) is 6.04 Å². The second-order valence-electron chi connectivity index (χ2n) is 8.43. The van der Waals surface area contributed by atoms with Crippen LogP contribution in [0.1, 0.15) is 45.2 Å². The van der Waals surface area contributed by atoms with Gasteiger partial charge in [0.05, 0.1) is 5.75 Å². The predicted octanol–water partition coefficient (Wildman–Crippen LogP) is 6.06. The van der Waals surface area contributed by atoms with E-state index in [1.165, 1.54) is 0 Å². The summed E-state index contributed by atoms with van der Waals surface area (Å²) in [4.78, 5) is 27.9. The van der Waals surface area contributed by atoms with E-state index in [4.69, 9.17) is 11.6 Å². The Morgan fingerprint density at radius 1 is 1.06 bits per heavy atom. The number of rotatable bonds is 9. The van der Waals surface area contributed by atoms with Gasteiger partial charge in [-0.1, -0.05) is 58.7 Å². The molecular formula is C24H30BrClN2O2S. The van der Waals surface area contributed by atoms with E-state index < -0.39 is 6.04 Å². The largest absolute Gasteiger partial charge is 0.350 e. The van der Waals surface area contributed by atoms with Crippen molar-refractivity contribution in [3.8, 4) is 0 Å². The van der Waals surface area contributed by atoms with Gasteiger partial charge in [-0.2, -0.15) is 0 Å². The molecule has 0 aromatic heterocycles. The van der Waals surface area contributed by atoms with E-state index in [1.54, 1.807) is 28.8 Å². The maximum Gasteiger partial charge on any atom is 0.243 e. The minimum Gasteiger partial charge on any atom is -0.350 e. The Morgan fingerprint density at radius 3 is 2.19 bits per heavy atom. The van der Waals surface area contributed by atoms with E-state index in [1.807, 2.05) is 64.1 Å². The lowest BCUT2D eigenvalue weighted by Gasteiger charge is -2.33. The lowest BCUT2D eigenvalue weighted by Crippen LogP contribution is -2.53. The first-order valence-electron chi connectivity index (χ1n) is 10.3. The van der Waals surface area contributed by atoms with E-state index in [2.05, 4.69) is 21.2 Å². The smallest absolute Gasteiger partial charge is 0.243 e. The lowest BCUT2D eigenvalue weighted by molar-refractivity contribution is -0.140. The van der Waals surface area contributed by atoms with Crippen molar-refractivity contribution < 1.29 is 9.59 Å². The molecule has 31 heavy (non-hydrogen) atoms. The SMILES string of the molecule is CCC(C(=O)NC(C)(C)C)N(Cc1ccc(Cl)cc1)C(=O)CSCc1ccc(Br)cc1. The first-order valence-corrected chi connectivity index (χ1v) is 12.6. The van der Waals surface area contributed by atoms with Crippen LogP contribution in [0.2, 0.25) is 5.02 Å². The van der Waals surface area contributed by atoms with Crippen molar-refractivity contribution in [3.63, 3.8) is 0 Å². The van der Waals surface area contributed by atoms with Gasteiger partial charge >= 0.3 is 0 Å². The Labute approximate surface area is 203 Å². The maximum atomic E-state index is 13.2. The Kier molecular flexibility index (Phi) is 9.91. The van der Waals surface area contributed by atoms with Crippen LogP contribution in [0.4, 0.5) is 0 Å². The van der Waals surface area contributed by atoms with Crippen LogP contribution in [-0.4, -0.2) is 34.0 Å². The van der Waals surface area contributed by atoms with Gasteiger partial charge in [-0.15, -0.1) is 11.8 Å². The third-order valence-corrected chi connectivity index (χ3v) is 6.33. The minimum absolute atomic E-state index is 0.0482. The molecule has 0 aliphatic heterocycles. The summed E-state index contributed by atoms with van der Waals surface area (Å²) in [6.45, 7) is 8.13. The van der Waals surface area contributed by atoms with E-state index in [0.717, 1.165) is 21.4 Å². The molecule has 2 aromatic carbocycles. The third-order valence-electron chi connectivity index (χ3n) is 4.56. The van der Waals surface area contributed by atoms with Gasteiger partial charge in [0.25, 0.3) is 0 Å². The number of hydrogen-bond donors (Lipinski definition) is 1. The fourth-order valence-corrected chi connectivity index (χ4v) is 4.34. The molecule has 1 N–H and O–H groups in total. The van der Waals surface area contributed by atoms with Gasteiger partial charge in [-0.05, 0) is 62.6 Å². The average molecular weight is 526 g/mol. The molecule has 0 aliphatic rings. The number of carbonyl (C=O) groups excluding carboxylic acids is 2. The van der Waals surface area contributed by atoms with Gasteiger partial charge in [0, 0.05) is 27.3 Å². The summed E-state index contributed by atoms with van der Waals surface area (Å²) < 4.78 is 1.03. The molecule has 0 aliphatic carbocycles. The molecule has 2 rings (SSSR count). The number of halogens is 2. The fraction of sp³-hybridized carbons (Fsp3) is 0.417. The minimum atomic E-state index is -0.532. The fourth-order valence-electron chi connectivity index (χ4n) is 3.08. The second-order valence-corrected chi connectivity index (χ2v) is 10.8. The highest BCUT2D eigenvalue weighted by atomic mass is 79.9. The second kappa shape index (κ2) is 11.9. The number of hydrogen-bond acceptors (Lipinski definition) is 3. The first kappa shape index (κ1) is 25.8. The molecule has 0 spiro atoms. The summed E-state index contributed by atoms with van der Waals surface area (Å²) >= 11 is 11.0. The zero-order valence-corrected chi connectivity index (χ0v) is 21.6. The highest BCUT2D eigenvalue weighted by molar-refractivity contribution is 9.10. The van der Waals surface area contributed by atoms with Crippen LogP contribution in [0.5, 0.6) is 0 Å². The van der Waals surface area contributed by atoms with E-state index in [9.17, 15) is 9.59 Å². The van der Waals surface area contributed by atoms with Gasteiger partial charge in [0.2, 0.25) is 11.8 Å². The molecule has 7 heteroatoms. The van der Waals surface area contributed by atoms with Crippen LogP contribution in [0.25, 0.3) is 0 Å². The van der Waals surface area contributed by atoms with E-state index >= 15 is 0 Å². The van der Waals surface area contributed by atoms with Crippen molar-refractivity contribution in [1.82, 2.24) is 10.2 Å². The van der Waals surface area contributed by atoms with Crippen LogP contribution >= 0.6 is 39.3 Å². The Balaban J connectivity index is 2.14. The first-order chi connectivity index (χ1) is 14.6. The van der Waals surface area contributed by atoms with E-state index in [-0.39, 0.29) is 17.4 Å². The molecule has 0 radical (unpaired) electrons. The van der Waals surface area contributed by atoms with Gasteiger partial charge < -0.3 is 10.2 Å². The number of thioether (sulfide) groups is 1. The van der Waals surface area contributed by atoms with Crippen molar-refractivity contribution in [3.05, 3.63) is 69.2 Å². The monoisotopic (exact) mass is 524 g/mol. The molecule has 0 heterocycles. The summed E-state index contributed by atoms with van der Waals surface area (Å²) in [6, 6.07) is 14.9. The molecular weight excluding hydrogens is 496 g/mol. The Bertz CT molecular complexity index is 867. The highest BCUT2D eigenvalue weighted by Gasteiger charge is 2.30. The Morgan fingerprint density at radius 2 is 1.65 bits per heavy atom. The number of benzene rings is 2. The molecule has 0 saturated heterocycles. The molecule has 0 saturated carbocycles. The topological polar surface area (TPSA) is 49.4 Å². The van der Waals surface area contributed by atoms with Crippen LogP contribution < -0.4 is 5.32 Å². The van der Waals surface area contributed by atoms with Gasteiger partial charge in [0.15, 0.2) is 0 Å². The van der Waals surface area contributed by atoms with Crippen molar-refractivity contribution in [1.29, 1.82) is 0 Å². The molecule has 0 bridgehead atoms. The number of carbonyl (C=O) groups is 2. The normalized spacial score (nSPS) is 12.3. The van der Waals surface area contributed by atoms with Crippen LogP contribution in [-0.2, 0) is 21.9 Å². The van der Waals surface area contributed by atoms with Crippen molar-refractivity contribution in [2.75, 3.05) is 5.75 Å².